The molecule has 3 nitrogen and oxygen atoms in total. The summed E-state index contributed by atoms with van der Waals surface area (Å²) in [7, 11) is 0. The van der Waals surface area contributed by atoms with Crippen molar-refractivity contribution in [2.24, 2.45) is 0 Å². The van der Waals surface area contributed by atoms with Crippen LogP contribution in [-0.2, 0) is 0 Å². The van der Waals surface area contributed by atoms with Crippen LogP contribution in [0.2, 0.25) is 0 Å². The summed E-state index contributed by atoms with van der Waals surface area (Å²) in [5, 5.41) is 11.2. The van der Waals surface area contributed by atoms with E-state index in [1.54, 1.807) is 0 Å². The number of halogens is 3. The number of alkyl halides is 3. The molecule has 0 amide bonds. The van der Waals surface area contributed by atoms with Gasteiger partial charge in [-0.3, -0.25) is 0 Å². The van der Waals surface area contributed by atoms with E-state index in [9.17, 15) is 18.0 Å². The number of carboxylic acids is 1. The highest BCUT2D eigenvalue weighted by atomic mass is 19.4. The van der Waals surface area contributed by atoms with Gasteiger partial charge < -0.3 is 10.4 Å². The molecule has 17 heavy (non-hydrogen) atoms. The lowest BCUT2D eigenvalue weighted by molar-refractivity contribution is -0.151. The molecular formula is C11H10F3NO2. The van der Waals surface area contributed by atoms with E-state index in [1.165, 1.54) is 24.3 Å². The third-order valence-electron chi connectivity index (χ3n) is 2.82. The first-order valence-corrected chi connectivity index (χ1v) is 5.03. The minimum atomic E-state index is -4.36. The Morgan fingerprint density at radius 1 is 1.29 bits per heavy atom. The Morgan fingerprint density at radius 3 is 2.35 bits per heavy atom. The van der Waals surface area contributed by atoms with Gasteiger partial charge in [-0.1, -0.05) is 12.1 Å². The Bertz CT molecular complexity index is 452. The normalized spacial score (nSPS) is 17.6. The van der Waals surface area contributed by atoms with Gasteiger partial charge in [0.2, 0.25) is 0 Å². The number of hydrogen-bond acceptors (Lipinski definition) is 2. The number of carboxylic acid groups (broad SMARTS) is 1. The van der Waals surface area contributed by atoms with Crippen molar-refractivity contribution in [2.45, 2.75) is 24.6 Å². The second-order valence-corrected chi connectivity index (χ2v) is 4.06. The maximum absolute atomic E-state index is 12.7. The molecule has 0 radical (unpaired) electrons. The zero-order valence-corrected chi connectivity index (χ0v) is 8.71. The third kappa shape index (κ3) is 2.07. The molecule has 1 aliphatic rings. The first kappa shape index (κ1) is 11.8. The standard InChI is InChI=1S/C11H10F3NO2/c12-11(13,14)10(5-6-10)15-8-4-2-1-3-7(8)9(16)17/h1-4,15H,5-6H2,(H,16,17). The average molecular weight is 245 g/mol. The van der Waals surface area contributed by atoms with Crippen molar-refractivity contribution in [3.8, 4) is 0 Å². The maximum Gasteiger partial charge on any atom is 0.411 e. The maximum atomic E-state index is 12.7. The third-order valence-corrected chi connectivity index (χ3v) is 2.82. The number of rotatable bonds is 3. The van der Waals surface area contributed by atoms with E-state index < -0.39 is 17.7 Å². The van der Waals surface area contributed by atoms with Crippen molar-refractivity contribution in [3.63, 3.8) is 0 Å². The lowest BCUT2D eigenvalue weighted by Gasteiger charge is -2.22. The molecule has 0 spiro atoms. The van der Waals surface area contributed by atoms with Crippen molar-refractivity contribution < 1.29 is 23.1 Å². The van der Waals surface area contributed by atoms with Gasteiger partial charge in [0.1, 0.15) is 5.54 Å². The molecule has 0 unspecified atom stereocenters. The lowest BCUT2D eigenvalue weighted by atomic mass is 10.1. The lowest BCUT2D eigenvalue weighted by Crippen LogP contribution is -2.39. The largest absolute Gasteiger partial charge is 0.478 e. The minimum absolute atomic E-state index is 0.00910. The predicted octanol–water partition coefficient (Wildman–Crippen LogP) is 2.89. The molecule has 0 bridgehead atoms. The van der Waals surface area contributed by atoms with Crippen molar-refractivity contribution in [1.29, 1.82) is 0 Å². The highest BCUT2D eigenvalue weighted by Crippen LogP contribution is 2.51. The molecule has 0 aromatic heterocycles. The van der Waals surface area contributed by atoms with Crippen molar-refractivity contribution >= 4 is 11.7 Å². The van der Waals surface area contributed by atoms with Gasteiger partial charge in [-0.25, -0.2) is 4.79 Å². The SMILES string of the molecule is O=C(O)c1ccccc1NC1(C(F)(F)F)CC1. The molecular weight excluding hydrogens is 235 g/mol. The average Bonchev–Trinajstić information content (AvgIpc) is 2.98. The van der Waals surface area contributed by atoms with Crippen LogP contribution in [0.1, 0.15) is 23.2 Å². The Kier molecular flexibility index (Phi) is 2.52. The number of carbonyl (C=O) groups is 1. The second kappa shape index (κ2) is 3.65. The van der Waals surface area contributed by atoms with Crippen LogP contribution in [0.15, 0.2) is 24.3 Å². The van der Waals surface area contributed by atoms with Crippen LogP contribution in [0.25, 0.3) is 0 Å². The topological polar surface area (TPSA) is 49.3 Å². The summed E-state index contributed by atoms with van der Waals surface area (Å²) in [4.78, 5) is 10.9. The van der Waals surface area contributed by atoms with Crippen LogP contribution in [-0.4, -0.2) is 22.8 Å². The van der Waals surface area contributed by atoms with E-state index >= 15 is 0 Å². The van der Waals surface area contributed by atoms with Crippen molar-refractivity contribution in [2.75, 3.05) is 5.32 Å². The number of nitrogens with one attached hydrogen (secondary N) is 1. The van der Waals surface area contributed by atoms with Gasteiger partial charge in [0, 0.05) is 5.69 Å². The van der Waals surface area contributed by atoms with E-state index in [0.29, 0.717) is 0 Å². The number of hydrogen-bond donors (Lipinski definition) is 2. The summed E-state index contributed by atoms with van der Waals surface area (Å²) >= 11 is 0. The molecule has 2 N–H and O–H groups in total. The van der Waals surface area contributed by atoms with Crippen molar-refractivity contribution in [3.05, 3.63) is 29.8 Å². The van der Waals surface area contributed by atoms with Gasteiger partial charge >= 0.3 is 12.1 Å². The number of anilines is 1. The summed E-state index contributed by atoms with van der Waals surface area (Å²) in [6, 6.07) is 5.59. The van der Waals surface area contributed by atoms with Gasteiger partial charge in [0.05, 0.1) is 5.56 Å². The Hall–Kier alpha value is -1.72. The monoisotopic (exact) mass is 245 g/mol. The van der Waals surface area contributed by atoms with Crippen molar-refractivity contribution in [1.82, 2.24) is 0 Å². The van der Waals surface area contributed by atoms with E-state index in [2.05, 4.69) is 5.32 Å². The first-order chi connectivity index (χ1) is 7.86. The van der Waals surface area contributed by atoms with E-state index in [1.807, 2.05) is 0 Å². The Balaban J connectivity index is 2.29. The van der Waals surface area contributed by atoms with E-state index in [-0.39, 0.29) is 24.1 Å². The van der Waals surface area contributed by atoms with Gasteiger partial charge in [-0.2, -0.15) is 13.2 Å². The molecule has 1 aromatic rings. The van der Waals surface area contributed by atoms with Crippen LogP contribution >= 0.6 is 0 Å². The van der Waals surface area contributed by atoms with Gasteiger partial charge in [0.25, 0.3) is 0 Å². The van der Waals surface area contributed by atoms with Crippen LogP contribution < -0.4 is 5.32 Å². The smallest absolute Gasteiger partial charge is 0.411 e. The summed E-state index contributed by atoms with van der Waals surface area (Å²) in [5.74, 6) is -1.24. The fourth-order valence-electron chi connectivity index (χ4n) is 1.64. The number of para-hydroxylation sites is 1. The Labute approximate surface area is 95.3 Å². The molecule has 0 atom stereocenters. The highest BCUT2D eigenvalue weighted by molar-refractivity contribution is 5.94. The molecule has 1 aliphatic carbocycles. The van der Waals surface area contributed by atoms with E-state index in [0.717, 1.165) is 0 Å². The molecule has 92 valence electrons. The fourth-order valence-corrected chi connectivity index (χ4v) is 1.64. The summed E-state index contributed by atoms with van der Waals surface area (Å²) in [6.45, 7) is 0. The molecule has 0 aliphatic heterocycles. The molecule has 0 saturated heterocycles. The molecule has 1 saturated carbocycles. The summed E-state index contributed by atoms with van der Waals surface area (Å²) in [5.41, 5.74) is -2.09. The van der Waals surface area contributed by atoms with Gasteiger partial charge in [-0.05, 0) is 25.0 Å². The molecule has 2 rings (SSSR count). The summed E-state index contributed by atoms with van der Waals surface area (Å²) < 4.78 is 38.1. The van der Waals surface area contributed by atoms with Crippen LogP contribution in [0.4, 0.5) is 18.9 Å². The number of aromatic carboxylic acids is 1. The fraction of sp³-hybridized carbons (Fsp3) is 0.364. The Morgan fingerprint density at radius 2 is 1.88 bits per heavy atom. The zero-order chi connectivity index (χ0) is 12.7. The van der Waals surface area contributed by atoms with Gasteiger partial charge in [0.15, 0.2) is 0 Å². The van der Waals surface area contributed by atoms with Gasteiger partial charge in [-0.15, -0.1) is 0 Å². The highest BCUT2D eigenvalue weighted by Gasteiger charge is 2.63. The number of benzene rings is 1. The van der Waals surface area contributed by atoms with Crippen LogP contribution in [0.3, 0.4) is 0 Å². The van der Waals surface area contributed by atoms with Crippen LogP contribution in [0.5, 0.6) is 0 Å². The zero-order valence-electron chi connectivity index (χ0n) is 8.71. The molecule has 6 heteroatoms. The van der Waals surface area contributed by atoms with E-state index in [4.69, 9.17) is 5.11 Å². The first-order valence-electron chi connectivity index (χ1n) is 5.03. The summed E-state index contributed by atoms with van der Waals surface area (Å²) in [6.07, 6.45) is -4.41. The van der Waals surface area contributed by atoms with Crippen LogP contribution in [0, 0.1) is 0 Å². The molecule has 1 fully saturated rings. The molecule has 1 aromatic carbocycles. The minimum Gasteiger partial charge on any atom is -0.478 e. The quantitative estimate of drug-likeness (QED) is 0.860. The second-order valence-electron chi connectivity index (χ2n) is 4.06. The predicted molar refractivity (Wildman–Crippen MR) is 55.0 cm³/mol. The molecule has 0 heterocycles.